The summed E-state index contributed by atoms with van der Waals surface area (Å²) in [5, 5.41) is 16.9. The molecule has 2 heterocycles. The van der Waals surface area contributed by atoms with Crippen LogP contribution in [0.4, 0.5) is 0 Å². The summed E-state index contributed by atoms with van der Waals surface area (Å²) in [5.74, 6) is -0.124. The molecule has 0 aromatic heterocycles. The number of nitrogens with zero attached hydrogens (tertiary/aromatic N) is 2. The number of carbonyl (C=O) groups is 2. The highest BCUT2D eigenvalue weighted by Crippen LogP contribution is 2.16. The molecule has 0 spiro atoms. The van der Waals surface area contributed by atoms with E-state index in [0.717, 1.165) is 70.0 Å². The smallest absolute Gasteiger partial charge is 0.249 e. The van der Waals surface area contributed by atoms with E-state index in [9.17, 15) is 9.59 Å². The number of carbonyl (C=O) groups excluding carboxylic acids is 2. The molecule has 1 saturated heterocycles. The van der Waals surface area contributed by atoms with Crippen LogP contribution in [0.1, 0.15) is 31.4 Å². The fourth-order valence-corrected chi connectivity index (χ4v) is 5.45. The average Bonchev–Trinajstić information content (AvgIpc) is 3.02. The average molecular weight is 602 g/mol. The van der Waals surface area contributed by atoms with Gasteiger partial charge in [0.2, 0.25) is 11.8 Å². The van der Waals surface area contributed by atoms with Gasteiger partial charge in [-0.25, -0.2) is 0 Å². The lowest BCUT2D eigenvalue weighted by atomic mass is 10.0. The van der Waals surface area contributed by atoms with Crippen LogP contribution in [0.3, 0.4) is 0 Å². The summed E-state index contributed by atoms with van der Waals surface area (Å²) in [5.41, 5.74) is 2.81. The third kappa shape index (κ3) is 11.5. The molecule has 0 saturated carbocycles. The van der Waals surface area contributed by atoms with Gasteiger partial charge in [0.1, 0.15) is 6.04 Å². The number of amides is 2. The lowest BCUT2D eigenvalue weighted by molar-refractivity contribution is -0.128. The zero-order valence-corrected chi connectivity index (χ0v) is 26.4. The summed E-state index contributed by atoms with van der Waals surface area (Å²) >= 11 is 0. The van der Waals surface area contributed by atoms with Gasteiger partial charge in [0.15, 0.2) is 0 Å². The van der Waals surface area contributed by atoms with E-state index < -0.39 is 6.04 Å². The van der Waals surface area contributed by atoms with E-state index in [1.54, 1.807) is 0 Å². The summed E-state index contributed by atoms with van der Waals surface area (Å²) in [6, 6.07) is 19.3. The lowest BCUT2D eigenvalue weighted by Gasteiger charge is -2.32. The molecule has 9 heteroatoms. The minimum atomic E-state index is -0.692. The quantitative estimate of drug-likeness (QED) is 0.270. The molecule has 0 radical (unpaired) electrons. The van der Waals surface area contributed by atoms with Gasteiger partial charge in [-0.1, -0.05) is 80.6 Å². The summed E-state index contributed by atoms with van der Waals surface area (Å²) in [4.78, 5) is 31.9. The fraction of sp³-hybridized carbons (Fsp3) is 0.486. The SMILES string of the molecule is CC(C)[C@@H](CN1CCNCCNCCNCC1)NC(=O)[C@H](Cc1ccccc1)NC(=O)C1=CN(Cc2ccccc2)C=CC1. The van der Waals surface area contributed by atoms with Gasteiger partial charge in [-0.15, -0.1) is 0 Å². The van der Waals surface area contributed by atoms with E-state index in [0.29, 0.717) is 25.0 Å². The molecule has 5 N–H and O–H groups in total. The summed E-state index contributed by atoms with van der Waals surface area (Å²) in [7, 11) is 0. The largest absolute Gasteiger partial charge is 0.350 e. The highest BCUT2D eigenvalue weighted by atomic mass is 16.2. The maximum Gasteiger partial charge on any atom is 0.249 e. The molecule has 2 aliphatic rings. The van der Waals surface area contributed by atoms with Crippen LogP contribution in [0.2, 0.25) is 0 Å². The lowest BCUT2D eigenvalue weighted by Crippen LogP contribution is -2.55. The van der Waals surface area contributed by atoms with Crippen molar-refractivity contribution in [3.05, 3.63) is 95.8 Å². The Hall–Kier alpha value is -3.50. The molecule has 1 fully saturated rings. The first-order valence-electron chi connectivity index (χ1n) is 16.1. The third-order valence-corrected chi connectivity index (χ3v) is 8.11. The Bertz CT molecular complexity index is 1190. The van der Waals surface area contributed by atoms with E-state index in [1.165, 1.54) is 0 Å². The Morgan fingerprint density at radius 3 is 2.00 bits per heavy atom. The number of nitrogens with one attached hydrogen (secondary N) is 5. The van der Waals surface area contributed by atoms with Crippen LogP contribution in [-0.4, -0.2) is 92.6 Å². The number of allylic oxidation sites excluding steroid dienone is 1. The normalized spacial score (nSPS) is 18.4. The van der Waals surface area contributed by atoms with Gasteiger partial charge in [0.05, 0.1) is 0 Å². The van der Waals surface area contributed by atoms with Gasteiger partial charge in [0, 0.05) is 95.9 Å². The third-order valence-electron chi connectivity index (χ3n) is 8.11. The Morgan fingerprint density at radius 2 is 1.39 bits per heavy atom. The summed E-state index contributed by atoms with van der Waals surface area (Å²) in [6.07, 6.45) is 6.84. The predicted molar refractivity (Wildman–Crippen MR) is 178 cm³/mol. The number of benzene rings is 2. The molecule has 44 heavy (non-hydrogen) atoms. The zero-order chi connectivity index (χ0) is 31.0. The van der Waals surface area contributed by atoms with Crippen LogP contribution in [0.15, 0.2) is 84.7 Å². The van der Waals surface area contributed by atoms with Crippen molar-refractivity contribution in [2.75, 3.05) is 58.9 Å². The maximum atomic E-state index is 13.9. The fourth-order valence-electron chi connectivity index (χ4n) is 5.45. The number of hydrogen-bond acceptors (Lipinski definition) is 7. The Morgan fingerprint density at radius 1 is 0.795 bits per heavy atom. The molecule has 9 nitrogen and oxygen atoms in total. The minimum absolute atomic E-state index is 0.0505. The Balaban J connectivity index is 1.43. The van der Waals surface area contributed by atoms with Crippen LogP contribution in [0, 0.1) is 5.92 Å². The Labute approximate surface area is 263 Å². The van der Waals surface area contributed by atoms with E-state index >= 15 is 0 Å². The van der Waals surface area contributed by atoms with Gasteiger partial charge in [-0.05, 0) is 23.5 Å². The van der Waals surface area contributed by atoms with Crippen molar-refractivity contribution in [1.29, 1.82) is 0 Å². The first-order valence-corrected chi connectivity index (χ1v) is 16.1. The maximum absolute atomic E-state index is 13.9. The van der Waals surface area contributed by atoms with E-state index in [2.05, 4.69) is 57.5 Å². The molecule has 4 rings (SSSR count). The van der Waals surface area contributed by atoms with Crippen molar-refractivity contribution in [3.63, 3.8) is 0 Å². The van der Waals surface area contributed by atoms with Crippen molar-refractivity contribution < 1.29 is 9.59 Å². The Kier molecular flexibility index (Phi) is 13.9. The molecule has 2 atom stereocenters. The molecule has 238 valence electrons. The van der Waals surface area contributed by atoms with Gasteiger partial charge < -0.3 is 31.5 Å². The molecule has 2 aromatic carbocycles. The van der Waals surface area contributed by atoms with Gasteiger partial charge in [0.25, 0.3) is 0 Å². The van der Waals surface area contributed by atoms with Crippen molar-refractivity contribution in [1.82, 2.24) is 36.4 Å². The van der Waals surface area contributed by atoms with Gasteiger partial charge >= 0.3 is 0 Å². The molecule has 2 aromatic rings. The van der Waals surface area contributed by atoms with Crippen molar-refractivity contribution in [3.8, 4) is 0 Å². The monoisotopic (exact) mass is 601 g/mol. The zero-order valence-electron chi connectivity index (χ0n) is 26.4. The van der Waals surface area contributed by atoms with Gasteiger partial charge in [-0.3, -0.25) is 14.5 Å². The van der Waals surface area contributed by atoms with Gasteiger partial charge in [-0.2, -0.15) is 0 Å². The summed E-state index contributed by atoms with van der Waals surface area (Å²) < 4.78 is 0. The molecule has 0 aliphatic carbocycles. The van der Waals surface area contributed by atoms with Crippen LogP contribution in [-0.2, 0) is 22.6 Å². The summed E-state index contributed by atoms with van der Waals surface area (Å²) in [6.45, 7) is 13.1. The highest BCUT2D eigenvalue weighted by molar-refractivity contribution is 5.97. The van der Waals surface area contributed by atoms with E-state index in [1.807, 2.05) is 71.9 Å². The highest BCUT2D eigenvalue weighted by Gasteiger charge is 2.27. The van der Waals surface area contributed by atoms with Crippen LogP contribution in [0.5, 0.6) is 0 Å². The van der Waals surface area contributed by atoms with Crippen LogP contribution < -0.4 is 26.6 Å². The number of hydrogen-bond donors (Lipinski definition) is 5. The van der Waals surface area contributed by atoms with Crippen LogP contribution >= 0.6 is 0 Å². The van der Waals surface area contributed by atoms with Crippen LogP contribution in [0.25, 0.3) is 0 Å². The first-order chi connectivity index (χ1) is 21.5. The minimum Gasteiger partial charge on any atom is -0.350 e. The molecule has 2 amide bonds. The second kappa shape index (κ2) is 18.3. The van der Waals surface area contributed by atoms with Crippen molar-refractivity contribution in [2.24, 2.45) is 5.92 Å². The molecule has 2 aliphatic heterocycles. The topological polar surface area (TPSA) is 101 Å². The predicted octanol–water partition coefficient (Wildman–Crippen LogP) is 2.24. The number of rotatable bonds is 11. The van der Waals surface area contributed by atoms with E-state index in [4.69, 9.17) is 0 Å². The molecular formula is C35H51N7O2. The first kappa shape index (κ1) is 33.4. The van der Waals surface area contributed by atoms with E-state index in [-0.39, 0.29) is 23.8 Å². The van der Waals surface area contributed by atoms with Crippen molar-refractivity contribution >= 4 is 11.8 Å². The molecule has 0 bridgehead atoms. The second-order valence-electron chi connectivity index (χ2n) is 12.0. The molecule has 0 unspecified atom stereocenters. The van der Waals surface area contributed by atoms with Crippen molar-refractivity contribution in [2.45, 2.75) is 45.3 Å². The standard InChI is InChI=1S/C35H51N7O2/c1-28(2)33(27-41-22-19-37-17-15-36-16-18-38-20-23-41)40-35(44)32(24-29-10-5-3-6-11-29)39-34(43)31-14-9-21-42(26-31)25-30-12-7-4-8-13-30/h3-13,21,26,28,32-33,36-38H,14-20,22-25,27H2,1-2H3,(H,39,43)(H,40,44)/t32-,33+/m0/s1. The second-order valence-corrected chi connectivity index (χ2v) is 12.0. The molecular weight excluding hydrogens is 550 g/mol.